The maximum Gasteiger partial charge on any atom is 0.104 e. The van der Waals surface area contributed by atoms with E-state index in [0.29, 0.717) is 4.99 Å². The van der Waals surface area contributed by atoms with Crippen molar-refractivity contribution in [1.82, 2.24) is 4.90 Å². The molecule has 0 radical (unpaired) electrons. The lowest BCUT2D eigenvalue weighted by Gasteiger charge is -2.33. The monoisotopic (exact) mass is 265 g/mol. The Morgan fingerprint density at radius 1 is 1.39 bits per heavy atom. The van der Waals surface area contributed by atoms with Gasteiger partial charge in [0.15, 0.2) is 0 Å². The van der Waals surface area contributed by atoms with Crippen LogP contribution in [0.2, 0.25) is 0 Å². The summed E-state index contributed by atoms with van der Waals surface area (Å²) < 4.78 is 0. The summed E-state index contributed by atoms with van der Waals surface area (Å²) in [5.41, 5.74) is 8.91. The van der Waals surface area contributed by atoms with E-state index in [9.17, 15) is 0 Å². The molecule has 0 unspecified atom stereocenters. The molecule has 100 valence electrons. The molecule has 0 atom stereocenters. The largest absolute Gasteiger partial charge is 0.389 e. The van der Waals surface area contributed by atoms with E-state index < -0.39 is 0 Å². The Labute approximate surface area is 115 Å². The van der Waals surface area contributed by atoms with E-state index >= 15 is 0 Å². The molecule has 0 aliphatic carbocycles. The maximum atomic E-state index is 5.65. The van der Waals surface area contributed by atoms with Gasteiger partial charge >= 0.3 is 0 Å². The summed E-state index contributed by atoms with van der Waals surface area (Å²) in [4.78, 5) is 2.66. The van der Waals surface area contributed by atoms with Crippen molar-refractivity contribution in [3.8, 4) is 0 Å². The highest BCUT2D eigenvalue weighted by atomic mass is 32.1. The third-order valence-electron chi connectivity index (χ3n) is 3.43. The van der Waals surface area contributed by atoms with Crippen LogP contribution in [-0.4, -0.2) is 36.1 Å². The number of likely N-dealkylation sites (N-methyl/N-ethyl adjacent to an activating group) is 1. The van der Waals surface area contributed by atoms with Crippen molar-refractivity contribution in [2.75, 3.05) is 26.0 Å². The van der Waals surface area contributed by atoms with Crippen LogP contribution in [0.5, 0.6) is 0 Å². The molecular formula is C14H23N3S. The van der Waals surface area contributed by atoms with Crippen LogP contribution in [0.4, 0.5) is 5.69 Å². The summed E-state index contributed by atoms with van der Waals surface area (Å²) in [7, 11) is 4.17. The lowest BCUT2D eigenvalue weighted by molar-refractivity contribution is 0.210. The van der Waals surface area contributed by atoms with Gasteiger partial charge in [-0.15, -0.1) is 0 Å². The van der Waals surface area contributed by atoms with E-state index in [-0.39, 0.29) is 5.54 Å². The van der Waals surface area contributed by atoms with Gasteiger partial charge in [-0.05, 0) is 58.6 Å². The fraction of sp³-hybridized carbons (Fsp3) is 0.500. The van der Waals surface area contributed by atoms with E-state index in [0.717, 1.165) is 23.4 Å². The van der Waals surface area contributed by atoms with Gasteiger partial charge < -0.3 is 16.0 Å². The first-order chi connectivity index (χ1) is 8.24. The molecule has 1 aromatic rings. The Morgan fingerprint density at radius 3 is 2.44 bits per heavy atom. The highest BCUT2D eigenvalue weighted by Gasteiger charge is 2.19. The summed E-state index contributed by atoms with van der Waals surface area (Å²) in [6.07, 6.45) is 0. The topological polar surface area (TPSA) is 41.3 Å². The molecule has 0 heterocycles. The number of hydrogen-bond acceptors (Lipinski definition) is 3. The van der Waals surface area contributed by atoms with Crippen molar-refractivity contribution in [3.63, 3.8) is 0 Å². The van der Waals surface area contributed by atoms with Crippen molar-refractivity contribution >= 4 is 22.9 Å². The predicted molar refractivity (Wildman–Crippen MR) is 83.3 cm³/mol. The van der Waals surface area contributed by atoms with E-state index in [1.165, 1.54) is 0 Å². The minimum absolute atomic E-state index is 0.107. The number of hydrogen-bond donors (Lipinski definition) is 2. The molecule has 3 N–H and O–H groups in total. The van der Waals surface area contributed by atoms with Gasteiger partial charge in [0, 0.05) is 23.3 Å². The van der Waals surface area contributed by atoms with Gasteiger partial charge in [-0.3, -0.25) is 0 Å². The van der Waals surface area contributed by atoms with Crippen LogP contribution in [0.25, 0.3) is 0 Å². The average Bonchev–Trinajstić information content (AvgIpc) is 2.25. The summed E-state index contributed by atoms with van der Waals surface area (Å²) >= 11 is 5.00. The van der Waals surface area contributed by atoms with Gasteiger partial charge in [0.05, 0.1) is 0 Å². The minimum Gasteiger partial charge on any atom is -0.389 e. The van der Waals surface area contributed by atoms with Crippen molar-refractivity contribution in [3.05, 3.63) is 29.3 Å². The van der Waals surface area contributed by atoms with Gasteiger partial charge in [-0.25, -0.2) is 0 Å². The molecule has 4 heteroatoms. The van der Waals surface area contributed by atoms with Crippen LogP contribution < -0.4 is 11.1 Å². The normalized spacial score (nSPS) is 11.7. The number of benzene rings is 1. The minimum atomic E-state index is 0.107. The molecule has 0 saturated heterocycles. The first kappa shape index (κ1) is 14.9. The Morgan fingerprint density at radius 2 is 2.00 bits per heavy atom. The molecule has 1 rings (SSSR count). The van der Waals surface area contributed by atoms with Crippen molar-refractivity contribution in [1.29, 1.82) is 0 Å². The Balaban J connectivity index is 2.76. The van der Waals surface area contributed by atoms with Crippen LogP contribution in [0, 0.1) is 6.92 Å². The number of rotatable bonds is 5. The fourth-order valence-corrected chi connectivity index (χ4v) is 1.76. The summed E-state index contributed by atoms with van der Waals surface area (Å²) in [5.74, 6) is 0. The van der Waals surface area contributed by atoms with E-state index in [4.69, 9.17) is 18.0 Å². The highest BCUT2D eigenvalue weighted by molar-refractivity contribution is 7.80. The number of thiocarbonyl (C=S) groups is 1. The third kappa shape index (κ3) is 3.68. The van der Waals surface area contributed by atoms with Crippen LogP contribution in [-0.2, 0) is 0 Å². The Hall–Kier alpha value is -1.13. The molecule has 1 aromatic carbocycles. The zero-order valence-electron chi connectivity index (χ0n) is 11.9. The molecule has 0 aromatic heterocycles. The highest BCUT2D eigenvalue weighted by Crippen LogP contribution is 2.17. The standard InChI is InChI=1S/C14H23N3S/c1-10-8-11(6-7-12(10)13(15)18)16-9-14(2,3)17(4)5/h6-8,16H,9H2,1-5H3,(H2,15,18). The van der Waals surface area contributed by atoms with Gasteiger partial charge in [-0.1, -0.05) is 12.2 Å². The number of nitrogens with zero attached hydrogens (tertiary/aromatic N) is 1. The third-order valence-corrected chi connectivity index (χ3v) is 3.65. The second-order valence-electron chi connectivity index (χ2n) is 5.45. The maximum absolute atomic E-state index is 5.65. The van der Waals surface area contributed by atoms with Crippen LogP contribution in [0.1, 0.15) is 25.0 Å². The summed E-state index contributed by atoms with van der Waals surface area (Å²) in [6.45, 7) is 7.31. The van der Waals surface area contributed by atoms with Crippen LogP contribution >= 0.6 is 12.2 Å². The molecule has 0 aliphatic rings. The Bertz CT molecular complexity index is 439. The second-order valence-corrected chi connectivity index (χ2v) is 5.89. The van der Waals surface area contributed by atoms with E-state index in [1.807, 2.05) is 19.1 Å². The molecule has 18 heavy (non-hydrogen) atoms. The second kappa shape index (κ2) is 5.67. The van der Waals surface area contributed by atoms with Gasteiger partial charge in [-0.2, -0.15) is 0 Å². The van der Waals surface area contributed by atoms with Gasteiger partial charge in [0.1, 0.15) is 4.99 Å². The SMILES string of the molecule is Cc1cc(NCC(C)(C)N(C)C)ccc1C(N)=S. The molecule has 0 spiro atoms. The lowest BCUT2D eigenvalue weighted by atomic mass is 10.0. The first-order valence-corrected chi connectivity index (χ1v) is 6.46. The van der Waals surface area contributed by atoms with Crippen LogP contribution in [0.15, 0.2) is 18.2 Å². The molecule has 0 saturated carbocycles. The molecule has 3 nitrogen and oxygen atoms in total. The quantitative estimate of drug-likeness (QED) is 0.802. The predicted octanol–water partition coefficient (Wildman–Crippen LogP) is 2.38. The van der Waals surface area contributed by atoms with Gasteiger partial charge in [0.2, 0.25) is 0 Å². The lowest BCUT2D eigenvalue weighted by Crippen LogP contribution is -2.44. The smallest absolute Gasteiger partial charge is 0.104 e. The zero-order valence-corrected chi connectivity index (χ0v) is 12.7. The molecule has 0 aliphatic heterocycles. The zero-order chi connectivity index (χ0) is 13.9. The van der Waals surface area contributed by atoms with Crippen LogP contribution in [0.3, 0.4) is 0 Å². The summed E-state index contributed by atoms with van der Waals surface area (Å²) in [6, 6.07) is 6.08. The fourth-order valence-electron chi connectivity index (χ4n) is 1.53. The Kier molecular flexibility index (Phi) is 4.71. The number of nitrogens with two attached hydrogens (primary N) is 1. The van der Waals surface area contributed by atoms with Crippen molar-refractivity contribution in [2.24, 2.45) is 5.73 Å². The summed E-state index contributed by atoms with van der Waals surface area (Å²) in [5, 5.41) is 3.45. The van der Waals surface area contributed by atoms with E-state index in [2.05, 4.69) is 44.2 Å². The van der Waals surface area contributed by atoms with Crippen molar-refractivity contribution in [2.45, 2.75) is 26.3 Å². The van der Waals surface area contributed by atoms with Gasteiger partial charge in [0.25, 0.3) is 0 Å². The van der Waals surface area contributed by atoms with Crippen molar-refractivity contribution < 1.29 is 0 Å². The molecule has 0 fully saturated rings. The molecule has 0 amide bonds. The average molecular weight is 265 g/mol. The number of aryl methyl sites for hydroxylation is 1. The molecule has 0 bridgehead atoms. The first-order valence-electron chi connectivity index (χ1n) is 6.06. The van der Waals surface area contributed by atoms with E-state index in [1.54, 1.807) is 0 Å². The molecular weight excluding hydrogens is 242 g/mol. The number of anilines is 1. The number of nitrogens with one attached hydrogen (secondary N) is 1.